The Balaban J connectivity index is 2.15. The summed E-state index contributed by atoms with van der Waals surface area (Å²) in [5, 5.41) is 0. The van der Waals surface area contributed by atoms with Crippen molar-refractivity contribution in [2.75, 3.05) is 6.61 Å². The van der Waals surface area contributed by atoms with E-state index in [2.05, 4.69) is 13.5 Å². The van der Waals surface area contributed by atoms with Crippen molar-refractivity contribution in [3.63, 3.8) is 0 Å². The predicted octanol–water partition coefficient (Wildman–Crippen LogP) is 5.92. The molecule has 0 radical (unpaired) electrons. The van der Waals surface area contributed by atoms with Gasteiger partial charge in [-0.2, -0.15) is 0 Å². The van der Waals surface area contributed by atoms with Crippen molar-refractivity contribution in [1.29, 1.82) is 0 Å². The fourth-order valence-corrected chi connectivity index (χ4v) is 3.47. The SMILES string of the molecule is C=C(C)C(=O)OB(OCCCC)OC(c1ccccc1)(c1ccccc1)c1ccccc1. The highest BCUT2D eigenvalue weighted by atomic mass is 16.8. The van der Waals surface area contributed by atoms with Crippen LogP contribution in [0, 0.1) is 0 Å². The molecule has 32 heavy (non-hydrogen) atoms. The maximum Gasteiger partial charge on any atom is 0.716 e. The first kappa shape index (κ1) is 23.5. The normalized spacial score (nSPS) is 11.1. The van der Waals surface area contributed by atoms with E-state index < -0.39 is 18.9 Å². The fourth-order valence-electron chi connectivity index (χ4n) is 3.47. The number of hydrogen-bond donors (Lipinski definition) is 0. The molecule has 0 bridgehead atoms. The quantitative estimate of drug-likeness (QED) is 0.165. The number of carbonyl (C=O) groups excluding carboxylic acids is 1. The molecule has 5 heteroatoms. The minimum atomic E-state index is -1.22. The van der Waals surface area contributed by atoms with Crippen molar-refractivity contribution < 1.29 is 18.8 Å². The summed E-state index contributed by atoms with van der Waals surface area (Å²) in [5.41, 5.74) is 1.91. The largest absolute Gasteiger partial charge is 0.716 e. The van der Waals surface area contributed by atoms with Crippen molar-refractivity contribution >= 4 is 13.3 Å². The Kier molecular flexibility index (Phi) is 8.43. The molecule has 0 amide bonds. The van der Waals surface area contributed by atoms with E-state index >= 15 is 0 Å². The van der Waals surface area contributed by atoms with Crippen LogP contribution in [-0.4, -0.2) is 19.9 Å². The summed E-state index contributed by atoms with van der Waals surface area (Å²) < 4.78 is 18.2. The topological polar surface area (TPSA) is 44.8 Å². The molecule has 3 aromatic rings. The maximum absolute atomic E-state index is 12.4. The lowest BCUT2D eigenvalue weighted by molar-refractivity contribution is -0.134. The second kappa shape index (κ2) is 11.5. The van der Waals surface area contributed by atoms with Crippen molar-refractivity contribution in [3.05, 3.63) is 120 Å². The van der Waals surface area contributed by atoms with Crippen LogP contribution in [0.15, 0.2) is 103 Å². The van der Waals surface area contributed by atoms with Gasteiger partial charge < -0.3 is 14.0 Å². The average molecular weight is 428 g/mol. The number of hydrogen-bond acceptors (Lipinski definition) is 4. The smallest absolute Gasteiger partial charge is 0.481 e. The molecule has 0 aliphatic carbocycles. The number of carbonyl (C=O) groups is 1. The van der Waals surface area contributed by atoms with Crippen molar-refractivity contribution in [3.8, 4) is 0 Å². The van der Waals surface area contributed by atoms with E-state index in [4.69, 9.17) is 14.0 Å². The number of benzene rings is 3. The van der Waals surface area contributed by atoms with E-state index in [1.54, 1.807) is 6.92 Å². The van der Waals surface area contributed by atoms with Gasteiger partial charge in [-0.15, -0.1) is 0 Å². The predicted molar refractivity (Wildman–Crippen MR) is 128 cm³/mol. The third kappa shape index (κ3) is 5.55. The summed E-state index contributed by atoms with van der Waals surface area (Å²) >= 11 is 0. The Labute approximate surface area is 191 Å². The fraction of sp³-hybridized carbons (Fsp3) is 0.222. The highest BCUT2D eigenvalue weighted by Gasteiger charge is 2.44. The minimum Gasteiger partial charge on any atom is -0.481 e. The maximum atomic E-state index is 12.4. The van der Waals surface area contributed by atoms with Gasteiger partial charge in [0.2, 0.25) is 0 Å². The molecule has 4 nitrogen and oxygen atoms in total. The van der Waals surface area contributed by atoms with E-state index in [1.807, 2.05) is 91.0 Å². The molecular weight excluding hydrogens is 399 g/mol. The van der Waals surface area contributed by atoms with Crippen LogP contribution in [-0.2, 0) is 24.4 Å². The molecule has 0 unspecified atom stereocenters. The lowest BCUT2D eigenvalue weighted by Gasteiger charge is -2.37. The van der Waals surface area contributed by atoms with E-state index in [1.165, 1.54) is 0 Å². The molecule has 0 saturated heterocycles. The van der Waals surface area contributed by atoms with Crippen LogP contribution in [0.4, 0.5) is 0 Å². The Morgan fingerprint density at radius 2 is 1.28 bits per heavy atom. The van der Waals surface area contributed by atoms with Crippen LogP contribution in [0.25, 0.3) is 0 Å². The monoisotopic (exact) mass is 428 g/mol. The molecule has 0 N–H and O–H groups in total. The summed E-state index contributed by atoms with van der Waals surface area (Å²) in [5.74, 6) is -0.561. The Bertz CT molecular complexity index is 893. The third-order valence-electron chi connectivity index (χ3n) is 5.12. The van der Waals surface area contributed by atoms with Gasteiger partial charge in [-0.05, 0) is 30.0 Å². The molecule has 0 atom stereocenters. The van der Waals surface area contributed by atoms with Crippen LogP contribution < -0.4 is 0 Å². The van der Waals surface area contributed by atoms with E-state index in [-0.39, 0.29) is 5.57 Å². The lowest BCUT2D eigenvalue weighted by atomic mass is 9.79. The molecule has 164 valence electrons. The summed E-state index contributed by atoms with van der Waals surface area (Å²) in [7, 11) is -1.22. The molecular formula is C27H29BO4. The van der Waals surface area contributed by atoms with Gasteiger partial charge in [-0.25, -0.2) is 4.79 Å². The first-order valence-corrected chi connectivity index (χ1v) is 10.9. The van der Waals surface area contributed by atoms with Gasteiger partial charge in [0.15, 0.2) is 0 Å². The average Bonchev–Trinajstić information content (AvgIpc) is 2.84. The van der Waals surface area contributed by atoms with Crippen LogP contribution in [0.5, 0.6) is 0 Å². The summed E-state index contributed by atoms with van der Waals surface area (Å²) in [6.45, 7) is 7.76. The van der Waals surface area contributed by atoms with E-state index in [0.29, 0.717) is 6.61 Å². The summed E-state index contributed by atoms with van der Waals surface area (Å²) in [6, 6.07) is 29.7. The zero-order valence-corrected chi connectivity index (χ0v) is 18.7. The first-order chi connectivity index (χ1) is 15.6. The zero-order valence-electron chi connectivity index (χ0n) is 18.7. The van der Waals surface area contributed by atoms with Gasteiger partial charge in [0.25, 0.3) is 0 Å². The molecule has 0 aromatic heterocycles. The Hall–Kier alpha value is -3.15. The lowest BCUT2D eigenvalue weighted by Crippen LogP contribution is -2.43. The summed E-state index contributed by atoms with van der Waals surface area (Å²) in [4.78, 5) is 12.4. The van der Waals surface area contributed by atoms with Gasteiger partial charge in [0, 0.05) is 12.2 Å². The molecule has 3 aromatic carbocycles. The number of unbranched alkanes of at least 4 members (excludes halogenated alkanes) is 1. The highest BCUT2D eigenvalue weighted by molar-refractivity contribution is 6.40. The molecule has 3 rings (SSSR count). The summed E-state index contributed by atoms with van der Waals surface area (Å²) in [6.07, 6.45) is 1.77. The van der Waals surface area contributed by atoms with Crippen LogP contribution in [0.2, 0.25) is 0 Å². The molecule has 0 heterocycles. The zero-order chi connectivity index (χ0) is 22.8. The first-order valence-electron chi connectivity index (χ1n) is 10.9. The number of rotatable bonds is 11. The van der Waals surface area contributed by atoms with E-state index in [0.717, 1.165) is 29.5 Å². The minimum absolute atomic E-state index is 0.280. The van der Waals surface area contributed by atoms with Crippen molar-refractivity contribution in [1.82, 2.24) is 0 Å². The Morgan fingerprint density at radius 1 is 0.844 bits per heavy atom. The molecule has 0 fully saturated rings. The molecule has 0 saturated carbocycles. The van der Waals surface area contributed by atoms with Crippen LogP contribution >= 0.6 is 0 Å². The Morgan fingerprint density at radius 3 is 1.66 bits per heavy atom. The van der Waals surface area contributed by atoms with Crippen LogP contribution in [0.3, 0.4) is 0 Å². The van der Waals surface area contributed by atoms with Crippen molar-refractivity contribution in [2.45, 2.75) is 32.3 Å². The molecule has 0 aliphatic rings. The second-order valence-electron chi connectivity index (χ2n) is 7.60. The van der Waals surface area contributed by atoms with Gasteiger partial charge in [0.1, 0.15) is 5.60 Å². The van der Waals surface area contributed by atoms with Crippen molar-refractivity contribution in [2.24, 2.45) is 0 Å². The van der Waals surface area contributed by atoms with Gasteiger partial charge in [-0.1, -0.05) is 111 Å². The molecule has 0 spiro atoms. The van der Waals surface area contributed by atoms with Crippen LogP contribution in [0.1, 0.15) is 43.4 Å². The second-order valence-corrected chi connectivity index (χ2v) is 7.60. The van der Waals surface area contributed by atoms with Gasteiger partial charge >= 0.3 is 13.3 Å². The molecule has 0 aliphatic heterocycles. The van der Waals surface area contributed by atoms with E-state index in [9.17, 15) is 4.79 Å². The third-order valence-corrected chi connectivity index (χ3v) is 5.12. The highest BCUT2D eigenvalue weighted by Crippen LogP contribution is 2.41. The standard InChI is InChI=1S/C27H29BO4/c1-4-5-21-30-28(31-26(29)22(2)3)32-27(23-15-9-6-10-16-23,24-17-11-7-12-18-24)25-19-13-8-14-20-25/h6-20H,2,4-5,21H2,1,3H3. The van der Waals surface area contributed by atoms with Gasteiger partial charge in [-0.3, -0.25) is 0 Å². The van der Waals surface area contributed by atoms with Gasteiger partial charge in [0.05, 0.1) is 0 Å².